The van der Waals surface area contributed by atoms with Crippen LogP contribution in [-0.2, 0) is 9.59 Å². The van der Waals surface area contributed by atoms with E-state index in [-0.39, 0.29) is 36.8 Å². The largest absolute Gasteiger partial charge is 0.504 e. The molecule has 0 radical (unpaired) electrons. The number of aliphatic hydroxyl groups excluding tert-OH is 1. The van der Waals surface area contributed by atoms with Crippen molar-refractivity contribution in [3.8, 4) is 17.2 Å². The first-order valence-corrected chi connectivity index (χ1v) is 12.6. The van der Waals surface area contributed by atoms with Crippen molar-refractivity contribution < 1.29 is 29.3 Å². The molecule has 2 aromatic carbocycles. The minimum absolute atomic E-state index is 0.0358. The van der Waals surface area contributed by atoms with E-state index in [0.29, 0.717) is 49.0 Å². The number of phenolic OH excluding ortho intramolecular Hbond substituents is 1. The Morgan fingerprint density at radius 1 is 1.16 bits per heavy atom. The van der Waals surface area contributed by atoms with Gasteiger partial charge in [0.2, 0.25) is 5.91 Å². The number of aromatic hydroxyl groups is 1. The van der Waals surface area contributed by atoms with Gasteiger partial charge >= 0.3 is 0 Å². The third-order valence-electron chi connectivity index (χ3n) is 6.31. The van der Waals surface area contributed by atoms with Crippen LogP contribution in [0.3, 0.4) is 0 Å². The Morgan fingerprint density at radius 3 is 2.65 bits per heavy atom. The van der Waals surface area contributed by atoms with Crippen LogP contribution in [0.15, 0.2) is 47.6 Å². The predicted octanol–water partition coefficient (Wildman–Crippen LogP) is 2.06. The number of carbonyl (C=O) groups excluding carboxylic acids is 2. The van der Waals surface area contributed by atoms with E-state index in [0.717, 1.165) is 24.1 Å². The van der Waals surface area contributed by atoms with Crippen LogP contribution in [0.5, 0.6) is 17.2 Å². The summed E-state index contributed by atoms with van der Waals surface area (Å²) in [5, 5.41) is 27.7. The van der Waals surface area contributed by atoms with E-state index in [9.17, 15) is 19.8 Å². The van der Waals surface area contributed by atoms with Gasteiger partial charge in [-0.15, -0.1) is 0 Å². The smallest absolute Gasteiger partial charge is 0.260 e. The molecule has 0 bridgehead atoms. The second-order valence-corrected chi connectivity index (χ2v) is 9.43. The fraction of sp³-hybridized carbons (Fsp3) is 0.423. The average molecular weight is 531 g/mol. The number of hydrogen-bond acceptors (Lipinski definition) is 8. The van der Waals surface area contributed by atoms with Crippen LogP contribution in [0.4, 0.5) is 0 Å². The molecule has 0 aliphatic carbocycles. The average Bonchev–Trinajstić information content (AvgIpc) is 2.91. The van der Waals surface area contributed by atoms with Crippen molar-refractivity contribution >= 4 is 29.1 Å². The summed E-state index contributed by atoms with van der Waals surface area (Å²) >= 11 is 6.35. The Kier molecular flexibility index (Phi) is 9.21. The molecule has 2 heterocycles. The maximum Gasteiger partial charge on any atom is 0.260 e. The van der Waals surface area contributed by atoms with Crippen molar-refractivity contribution in [3.63, 3.8) is 0 Å². The maximum absolute atomic E-state index is 12.6. The molecule has 198 valence electrons. The molecule has 2 aliphatic rings. The highest BCUT2D eigenvalue weighted by atomic mass is 35.5. The summed E-state index contributed by atoms with van der Waals surface area (Å²) in [5.41, 5.74) is 4.01. The van der Waals surface area contributed by atoms with Crippen LogP contribution < -0.4 is 20.2 Å². The molecule has 4 N–H and O–H groups in total. The van der Waals surface area contributed by atoms with Gasteiger partial charge in [-0.05, 0) is 48.7 Å². The third kappa shape index (κ3) is 7.58. The minimum Gasteiger partial charge on any atom is -0.504 e. The summed E-state index contributed by atoms with van der Waals surface area (Å²) in [4.78, 5) is 25.7. The zero-order chi connectivity index (χ0) is 26.2. The maximum atomic E-state index is 12.6. The number of benzene rings is 2. The molecular weight excluding hydrogens is 500 g/mol. The van der Waals surface area contributed by atoms with Crippen molar-refractivity contribution in [2.24, 2.45) is 5.10 Å². The highest BCUT2D eigenvalue weighted by Gasteiger charge is 2.24. The number of halogens is 1. The molecule has 2 amide bonds. The van der Waals surface area contributed by atoms with Crippen molar-refractivity contribution in [1.29, 1.82) is 0 Å². The second-order valence-electron chi connectivity index (χ2n) is 9.02. The topological polar surface area (TPSA) is 133 Å². The molecule has 0 saturated carbocycles. The number of carbonyl (C=O) groups is 2. The predicted molar refractivity (Wildman–Crippen MR) is 138 cm³/mol. The molecule has 2 aromatic rings. The van der Waals surface area contributed by atoms with Gasteiger partial charge in [0.05, 0.1) is 10.7 Å². The highest BCUT2D eigenvalue weighted by Crippen LogP contribution is 2.27. The van der Waals surface area contributed by atoms with Crippen molar-refractivity contribution in [2.45, 2.75) is 37.8 Å². The van der Waals surface area contributed by atoms with Gasteiger partial charge < -0.3 is 29.9 Å². The SMILES string of the molecule is O=C1CCC(c2ccc(OCC(=O)N3CCC(NC[C@H](O)COc4ccccc4O)CC3)c(Cl)c2)=NN1. The molecule has 11 heteroatoms. The van der Waals surface area contributed by atoms with E-state index in [1.165, 1.54) is 6.07 Å². The molecule has 1 atom stereocenters. The zero-order valence-corrected chi connectivity index (χ0v) is 21.1. The van der Waals surface area contributed by atoms with Crippen molar-refractivity contribution in [3.05, 3.63) is 53.1 Å². The summed E-state index contributed by atoms with van der Waals surface area (Å²) in [6, 6.07) is 12.0. The molecule has 0 unspecified atom stereocenters. The van der Waals surface area contributed by atoms with Gasteiger partial charge in [-0.3, -0.25) is 9.59 Å². The normalized spacial score (nSPS) is 17.1. The first kappa shape index (κ1) is 26.7. The van der Waals surface area contributed by atoms with Gasteiger partial charge in [-0.1, -0.05) is 23.7 Å². The number of nitrogens with one attached hydrogen (secondary N) is 2. The molecular formula is C26H31ClN4O6. The van der Waals surface area contributed by atoms with Gasteiger partial charge in [-0.25, -0.2) is 5.43 Å². The number of ether oxygens (including phenoxy) is 2. The monoisotopic (exact) mass is 530 g/mol. The van der Waals surface area contributed by atoms with E-state index < -0.39 is 6.10 Å². The molecule has 37 heavy (non-hydrogen) atoms. The van der Waals surface area contributed by atoms with Crippen LogP contribution in [0, 0.1) is 0 Å². The van der Waals surface area contributed by atoms with Crippen LogP contribution in [-0.4, -0.2) is 77.6 Å². The lowest BCUT2D eigenvalue weighted by Gasteiger charge is -2.33. The molecule has 2 aliphatic heterocycles. The summed E-state index contributed by atoms with van der Waals surface area (Å²) in [5.74, 6) is 0.556. The fourth-order valence-corrected chi connectivity index (χ4v) is 4.41. The van der Waals surface area contributed by atoms with Crippen molar-refractivity contribution in [1.82, 2.24) is 15.6 Å². The van der Waals surface area contributed by atoms with Crippen LogP contribution >= 0.6 is 11.6 Å². The Bertz CT molecular complexity index is 1140. The van der Waals surface area contributed by atoms with Gasteiger partial charge in [0, 0.05) is 38.5 Å². The number of amides is 2. The Hall–Kier alpha value is -3.34. The molecule has 1 saturated heterocycles. The number of nitrogens with zero attached hydrogens (tertiary/aromatic N) is 2. The van der Waals surface area contributed by atoms with Crippen LogP contribution in [0.1, 0.15) is 31.2 Å². The second kappa shape index (κ2) is 12.8. The lowest BCUT2D eigenvalue weighted by Crippen LogP contribution is -2.48. The summed E-state index contributed by atoms with van der Waals surface area (Å²) in [6.45, 7) is 1.47. The number of phenols is 1. The van der Waals surface area contributed by atoms with Crippen molar-refractivity contribution in [2.75, 3.05) is 32.8 Å². The van der Waals surface area contributed by atoms with Gasteiger partial charge in [0.25, 0.3) is 5.91 Å². The first-order valence-electron chi connectivity index (χ1n) is 12.3. The number of likely N-dealkylation sites (tertiary alicyclic amines) is 1. The number of aliphatic hydroxyl groups is 1. The lowest BCUT2D eigenvalue weighted by atomic mass is 10.0. The van der Waals surface area contributed by atoms with E-state index in [4.69, 9.17) is 21.1 Å². The Morgan fingerprint density at radius 2 is 1.95 bits per heavy atom. The fourth-order valence-electron chi connectivity index (χ4n) is 4.17. The summed E-state index contributed by atoms with van der Waals surface area (Å²) < 4.78 is 11.1. The van der Waals surface area contributed by atoms with E-state index in [2.05, 4.69) is 15.8 Å². The highest BCUT2D eigenvalue weighted by molar-refractivity contribution is 6.32. The van der Waals surface area contributed by atoms with E-state index >= 15 is 0 Å². The van der Waals surface area contributed by atoms with Crippen LogP contribution in [0.2, 0.25) is 5.02 Å². The standard InChI is InChI=1S/C26H31ClN4O6/c27-20-13-17(21-6-8-25(34)30-29-21)5-7-23(20)37-16-26(35)31-11-9-18(10-12-31)28-14-19(32)15-36-24-4-2-1-3-22(24)33/h1-5,7,13,18-19,28,32-33H,6,8-12,14-16H2,(H,30,34)/t19-/m0/s1. The summed E-state index contributed by atoms with van der Waals surface area (Å²) in [6.07, 6.45) is 1.70. The van der Waals surface area contributed by atoms with E-state index in [1.54, 1.807) is 41.3 Å². The number of hydrogen-bond donors (Lipinski definition) is 4. The Labute approximate surface area is 220 Å². The van der Waals surface area contributed by atoms with Gasteiger partial charge in [0.1, 0.15) is 18.5 Å². The Balaban J connectivity index is 1.15. The quantitative estimate of drug-likeness (QED) is 0.369. The molecule has 10 nitrogen and oxygen atoms in total. The summed E-state index contributed by atoms with van der Waals surface area (Å²) in [7, 11) is 0. The molecule has 4 rings (SSSR count). The molecule has 0 aromatic heterocycles. The number of rotatable bonds is 10. The zero-order valence-electron chi connectivity index (χ0n) is 20.4. The van der Waals surface area contributed by atoms with Gasteiger partial charge in [0.15, 0.2) is 18.1 Å². The van der Waals surface area contributed by atoms with Gasteiger partial charge in [-0.2, -0.15) is 5.10 Å². The lowest BCUT2D eigenvalue weighted by molar-refractivity contribution is -0.134. The third-order valence-corrected chi connectivity index (χ3v) is 6.60. The van der Waals surface area contributed by atoms with E-state index in [1.807, 2.05) is 0 Å². The molecule has 0 spiro atoms. The minimum atomic E-state index is -0.729. The van der Waals surface area contributed by atoms with Crippen LogP contribution in [0.25, 0.3) is 0 Å². The number of hydrazone groups is 1. The number of piperidine rings is 1. The number of para-hydroxylation sites is 2. The first-order chi connectivity index (χ1) is 17.9. The molecule has 1 fully saturated rings.